The van der Waals surface area contributed by atoms with Gasteiger partial charge in [0.2, 0.25) is 0 Å². The maximum Gasteiger partial charge on any atom is 0.0976 e. The highest BCUT2D eigenvalue weighted by Gasteiger charge is 2.28. The Balaban J connectivity index is 1.80. The van der Waals surface area contributed by atoms with E-state index in [1.165, 1.54) is 27.3 Å². The Hall–Kier alpha value is -2.58. The van der Waals surface area contributed by atoms with Crippen molar-refractivity contribution in [2.24, 2.45) is 0 Å². The van der Waals surface area contributed by atoms with E-state index in [2.05, 4.69) is 114 Å². The van der Waals surface area contributed by atoms with Crippen molar-refractivity contribution < 1.29 is 4.21 Å². The second-order valence-corrected chi connectivity index (χ2v) is 13.5. The molecule has 0 saturated carbocycles. The standard InChI is InChI=1S/C30H32NOPS/c1-30(2,3)34(32)31-29(28-22-14-13-21-27(28)24-15-7-4-8-16-24)23-33(25-17-9-5-10-18-25)26-19-11-6-12-20-26/h4-22,29,31H,23H2,1-3H3. The van der Waals surface area contributed by atoms with Crippen LogP contribution in [0.2, 0.25) is 0 Å². The molecule has 4 aromatic rings. The Kier molecular flexibility index (Phi) is 8.11. The average molecular weight is 486 g/mol. The van der Waals surface area contributed by atoms with Crippen molar-refractivity contribution in [3.05, 3.63) is 121 Å². The highest BCUT2D eigenvalue weighted by atomic mass is 32.2. The van der Waals surface area contributed by atoms with E-state index in [1.807, 2.05) is 26.8 Å². The van der Waals surface area contributed by atoms with E-state index >= 15 is 0 Å². The van der Waals surface area contributed by atoms with Crippen LogP contribution in [0.1, 0.15) is 32.4 Å². The summed E-state index contributed by atoms with van der Waals surface area (Å²) in [4.78, 5) is 0. The van der Waals surface area contributed by atoms with Crippen LogP contribution in [0.4, 0.5) is 0 Å². The summed E-state index contributed by atoms with van der Waals surface area (Å²) >= 11 is 0. The first kappa shape index (κ1) is 24.5. The van der Waals surface area contributed by atoms with E-state index in [1.54, 1.807) is 0 Å². The molecule has 2 nitrogen and oxygen atoms in total. The predicted molar refractivity (Wildman–Crippen MR) is 150 cm³/mol. The van der Waals surface area contributed by atoms with Gasteiger partial charge in [-0.15, -0.1) is 0 Å². The summed E-state index contributed by atoms with van der Waals surface area (Å²) in [6.45, 7) is 6.06. The molecule has 4 rings (SSSR count). The second-order valence-electron chi connectivity index (χ2n) is 9.29. The van der Waals surface area contributed by atoms with E-state index in [0.29, 0.717) is 0 Å². The fourth-order valence-electron chi connectivity index (χ4n) is 3.94. The van der Waals surface area contributed by atoms with Gasteiger partial charge >= 0.3 is 0 Å². The van der Waals surface area contributed by atoms with Crippen LogP contribution in [-0.4, -0.2) is 15.1 Å². The fraction of sp³-hybridized carbons (Fsp3) is 0.200. The third-order valence-corrected chi connectivity index (χ3v) is 9.91. The highest BCUT2D eigenvalue weighted by Crippen LogP contribution is 2.40. The Bertz CT molecular complexity index is 1170. The van der Waals surface area contributed by atoms with Gasteiger partial charge in [-0.05, 0) is 62.2 Å². The summed E-state index contributed by atoms with van der Waals surface area (Å²) in [5.41, 5.74) is 3.54. The van der Waals surface area contributed by atoms with Crippen LogP contribution >= 0.6 is 7.92 Å². The van der Waals surface area contributed by atoms with Crippen LogP contribution in [0, 0.1) is 0 Å². The molecular weight excluding hydrogens is 453 g/mol. The van der Waals surface area contributed by atoms with Gasteiger partial charge in [-0.25, -0.2) is 8.93 Å². The molecule has 2 atom stereocenters. The molecule has 0 aliphatic carbocycles. The monoisotopic (exact) mass is 485 g/mol. The molecule has 174 valence electrons. The smallest absolute Gasteiger partial charge is 0.0976 e. The van der Waals surface area contributed by atoms with Crippen molar-refractivity contribution >= 4 is 29.5 Å². The minimum absolute atomic E-state index is 0.0667. The number of benzene rings is 4. The first-order valence-corrected chi connectivity index (χ1v) is 14.3. The molecule has 0 radical (unpaired) electrons. The quantitative estimate of drug-likeness (QED) is 0.281. The summed E-state index contributed by atoms with van der Waals surface area (Å²) in [6, 6.07) is 40.4. The van der Waals surface area contributed by atoms with Gasteiger partial charge in [0.1, 0.15) is 0 Å². The highest BCUT2D eigenvalue weighted by molar-refractivity contribution is 7.84. The van der Waals surface area contributed by atoms with Crippen molar-refractivity contribution in [2.75, 3.05) is 6.16 Å². The van der Waals surface area contributed by atoms with Gasteiger partial charge in [-0.3, -0.25) is 0 Å². The van der Waals surface area contributed by atoms with Crippen molar-refractivity contribution in [2.45, 2.75) is 31.6 Å². The molecule has 0 fully saturated rings. The summed E-state index contributed by atoms with van der Waals surface area (Å²) in [5.74, 6) is 0. The Labute approximate surface area is 207 Å². The molecule has 0 saturated heterocycles. The zero-order valence-corrected chi connectivity index (χ0v) is 21.7. The summed E-state index contributed by atoms with van der Waals surface area (Å²) in [7, 11) is -1.86. The SMILES string of the molecule is CC(C)(C)S(=O)NC(CP(c1ccccc1)c1ccccc1)c1ccccc1-c1ccccc1. The van der Waals surface area contributed by atoms with Crippen LogP contribution in [0.25, 0.3) is 11.1 Å². The number of hydrogen-bond acceptors (Lipinski definition) is 1. The summed E-state index contributed by atoms with van der Waals surface area (Å²) in [5, 5.41) is 2.66. The first-order valence-electron chi connectivity index (χ1n) is 11.6. The van der Waals surface area contributed by atoms with Crippen LogP contribution in [0.5, 0.6) is 0 Å². The van der Waals surface area contributed by atoms with Crippen LogP contribution in [0.3, 0.4) is 0 Å². The summed E-state index contributed by atoms with van der Waals surface area (Å²) < 4.78 is 16.5. The van der Waals surface area contributed by atoms with Crippen LogP contribution in [0.15, 0.2) is 115 Å². The molecule has 2 unspecified atom stereocenters. The van der Waals surface area contributed by atoms with E-state index in [9.17, 15) is 4.21 Å². The van der Waals surface area contributed by atoms with Crippen molar-refractivity contribution in [3.8, 4) is 11.1 Å². The normalized spacial score (nSPS) is 13.5. The third-order valence-electron chi connectivity index (χ3n) is 5.73. The van der Waals surface area contributed by atoms with Gasteiger partial charge in [0.15, 0.2) is 0 Å². The van der Waals surface area contributed by atoms with Gasteiger partial charge in [0.05, 0.1) is 15.7 Å². The fourth-order valence-corrected chi connectivity index (χ4v) is 7.33. The lowest BCUT2D eigenvalue weighted by atomic mass is 9.96. The van der Waals surface area contributed by atoms with Gasteiger partial charge in [0, 0.05) is 6.04 Å². The van der Waals surface area contributed by atoms with Crippen molar-refractivity contribution in [1.82, 2.24) is 4.72 Å². The predicted octanol–water partition coefficient (Wildman–Crippen LogP) is 6.58. The lowest BCUT2D eigenvalue weighted by molar-refractivity contribution is 0.618. The third kappa shape index (κ3) is 6.10. The largest absolute Gasteiger partial charge is 0.242 e. The Morgan fingerprint density at radius 1 is 0.706 bits per heavy atom. The average Bonchev–Trinajstić information content (AvgIpc) is 2.87. The van der Waals surface area contributed by atoms with Gasteiger partial charge in [0.25, 0.3) is 0 Å². The zero-order chi connectivity index (χ0) is 24.0. The lowest BCUT2D eigenvalue weighted by Crippen LogP contribution is -2.37. The lowest BCUT2D eigenvalue weighted by Gasteiger charge is -2.30. The molecule has 0 aliphatic rings. The van der Waals surface area contributed by atoms with E-state index in [4.69, 9.17) is 0 Å². The molecular formula is C30H32NOPS. The molecule has 0 heterocycles. The zero-order valence-electron chi connectivity index (χ0n) is 20.0. The van der Waals surface area contributed by atoms with Crippen molar-refractivity contribution in [3.63, 3.8) is 0 Å². The molecule has 0 bridgehead atoms. The topological polar surface area (TPSA) is 29.1 Å². The molecule has 4 heteroatoms. The first-order chi connectivity index (χ1) is 16.4. The molecule has 4 aromatic carbocycles. The number of hydrogen-bond donors (Lipinski definition) is 1. The Morgan fingerprint density at radius 3 is 1.71 bits per heavy atom. The minimum Gasteiger partial charge on any atom is -0.242 e. The van der Waals surface area contributed by atoms with Gasteiger partial charge < -0.3 is 0 Å². The molecule has 0 spiro atoms. The molecule has 1 N–H and O–H groups in total. The van der Waals surface area contributed by atoms with E-state index < -0.39 is 18.9 Å². The van der Waals surface area contributed by atoms with Gasteiger partial charge in [-0.2, -0.15) is 0 Å². The maximum absolute atomic E-state index is 13.4. The Morgan fingerprint density at radius 2 is 1.18 bits per heavy atom. The second kappa shape index (κ2) is 11.2. The van der Waals surface area contributed by atoms with E-state index in [0.717, 1.165) is 6.16 Å². The van der Waals surface area contributed by atoms with Crippen molar-refractivity contribution in [1.29, 1.82) is 0 Å². The minimum atomic E-state index is -1.20. The summed E-state index contributed by atoms with van der Waals surface area (Å²) in [6.07, 6.45) is 0.856. The van der Waals surface area contributed by atoms with Gasteiger partial charge in [-0.1, -0.05) is 115 Å². The van der Waals surface area contributed by atoms with E-state index in [-0.39, 0.29) is 10.8 Å². The maximum atomic E-state index is 13.4. The molecule has 0 aromatic heterocycles. The molecule has 0 aliphatic heterocycles. The molecule has 34 heavy (non-hydrogen) atoms. The number of nitrogens with one attached hydrogen (secondary N) is 1. The number of rotatable bonds is 8. The van der Waals surface area contributed by atoms with Crippen LogP contribution < -0.4 is 15.3 Å². The van der Waals surface area contributed by atoms with Crippen LogP contribution in [-0.2, 0) is 11.0 Å². The molecule has 0 amide bonds.